The lowest BCUT2D eigenvalue weighted by Gasteiger charge is -2.35. The summed E-state index contributed by atoms with van der Waals surface area (Å²) in [5, 5.41) is 0. The van der Waals surface area contributed by atoms with Crippen LogP contribution in [-0.4, -0.2) is 41.1 Å². The van der Waals surface area contributed by atoms with E-state index in [-0.39, 0.29) is 23.9 Å². The number of amides is 1. The van der Waals surface area contributed by atoms with Crippen LogP contribution in [0.25, 0.3) is 11.3 Å². The molecule has 1 fully saturated rings. The predicted octanol–water partition coefficient (Wildman–Crippen LogP) is 3.05. The maximum atomic E-state index is 13.8. The van der Waals surface area contributed by atoms with Crippen LogP contribution in [0, 0.1) is 5.82 Å². The van der Waals surface area contributed by atoms with Gasteiger partial charge in [-0.15, -0.1) is 0 Å². The van der Waals surface area contributed by atoms with E-state index in [1.807, 2.05) is 18.7 Å². The highest BCUT2D eigenvalue weighted by molar-refractivity contribution is 5.76. The molecule has 1 aromatic heterocycles. The summed E-state index contributed by atoms with van der Waals surface area (Å²) in [6, 6.07) is 6.38. The molecule has 1 amide bonds. The number of carbonyl (C=O) groups excluding carboxylic acids is 1. The molecule has 0 N–H and O–H groups in total. The van der Waals surface area contributed by atoms with Crippen molar-refractivity contribution >= 4 is 5.91 Å². The lowest BCUT2D eigenvalue weighted by atomic mass is 10.2. The summed E-state index contributed by atoms with van der Waals surface area (Å²) < 4.78 is 25.0. The van der Waals surface area contributed by atoms with Crippen molar-refractivity contribution in [2.75, 3.05) is 13.1 Å². The van der Waals surface area contributed by atoms with E-state index in [2.05, 4.69) is 4.98 Å². The van der Waals surface area contributed by atoms with E-state index in [1.165, 1.54) is 12.3 Å². The number of halogens is 1. The van der Waals surface area contributed by atoms with Crippen molar-refractivity contribution < 1.29 is 18.3 Å². The Morgan fingerprint density at radius 1 is 1.29 bits per heavy atom. The van der Waals surface area contributed by atoms with Gasteiger partial charge in [0.2, 0.25) is 5.91 Å². The molecule has 1 aliphatic rings. The van der Waals surface area contributed by atoms with Gasteiger partial charge < -0.3 is 14.1 Å². The highest BCUT2D eigenvalue weighted by Crippen LogP contribution is 2.23. The number of oxazole rings is 1. The first-order valence-corrected chi connectivity index (χ1v) is 8.15. The van der Waals surface area contributed by atoms with Crippen molar-refractivity contribution in [3.8, 4) is 11.3 Å². The fourth-order valence-electron chi connectivity index (χ4n) is 2.96. The number of aromatic nitrogens is 1. The number of rotatable bonds is 4. The molecule has 1 saturated heterocycles. The highest BCUT2D eigenvalue weighted by Gasteiger charge is 2.25. The van der Waals surface area contributed by atoms with Gasteiger partial charge in [0, 0.05) is 25.9 Å². The number of carbonyl (C=O) groups is 1. The van der Waals surface area contributed by atoms with Gasteiger partial charge in [-0.05, 0) is 26.0 Å². The van der Waals surface area contributed by atoms with Gasteiger partial charge in [0.25, 0.3) is 0 Å². The van der Waals surface area contributed by atoms with Gasteiger partial charge in [-0.25, -0.2) is 9.37 Å². The molecule has 6 heteroatoms. The Bertz CT molecular complexity index is 706. The summed E-state index contributed by atoms with van der Waals surface area (Å²) in [5.41, 5.74) is 0.374. The van der Waals surface area contributed by atoms with Crippen molar-refractivity contribution in [1.29, 1.82) is 0 Å². The van der Waals surface area contributed by atoms with Gasteiger partial charge in [-0.1, -0.05) is 12.1 Å². The summed E-state index contributed by atoms with van der Waals surface area (Å²) in [6.45, 7) is 5.14. The summed E-state index contributed by atoms with van der Waals surface area (Å²) in [6.07, 6.45) is 2.31. The van der Waals surface area contributed by atoms with Crippen LogP contribution in [0.2, 0.25) is 0 Å². The summed E-state index contributed by atoms with van der Waals surface area (Å²) in [5.74, 6) is 0.523. The molecule has 3 rings (SSSR count). The fourth-order valence-corrected chi connectivity index (χ4v) is 2.96. The van der Waals surface area contributed by atoms with E-state index in [0.717, 1.165) is 0 Å². The van der Waals surface area contributed by atoms with Crippen molar-refractivity contribution in [3.05, 3.63) is 42.2 Å². The average Bonchev–Trinajstić information content (AvgIpc) is 3.01. The average molecular weight is 332 g/mol. The molecule has 1 aromatic carbocycles. The molecule has 24 heavy (non-hydrogen) atoms. The number of aryl methyl sites for hydroxylation is 1. The van der Waals surface area contributed by atoms with Gasteiger partial charge in [0.15, 0.2) is 11.7 Å². The maximum absolute atomic E-state index is 13.8. The zero-order chi connectivity index (χ0) is 17.1. The van der Waals surface area contributed by atoms with Crippen LogP contribution in [0.5, 0.6) is 0 Å². The summed E-state index contributed by atoms with van der Waals surface area (Å²) >= 11 is 0. The first-order valence-electron chi connectivity index (χ1n) is 8.15. The van der Waals surface area contributed by atoms with Crippen LogP contribution in [0.4, 0.5) is 4.39 Å². The van der Waals surface area contributed by atoms with Crippen LogP contribution in [-0.2, 0) is 16.0 Å². The topological polar surface area (TPSA) is 55.6 Å². The Kier molecular flexibility index (Phi) is 4.94. The van der Waals surface area contributed by atoms with Crippen LogP contribution in [0.15, 0.2) is 34.9 Å². The van der Waals surface area contributed by atoms with Gasteiger partial charge in [0.1, 0.15) is 5.82 Å². The molecule has 0 aliphatic carbocycles. The fraction of sp³-hybridized carbons (Fsp3) is 0.444. The van der Waals surface area contributed by atoms with Crippen molar-refractivity contribution in [3.63, 3.8) is 0 Å². The van der Waals surface area contributed by atoms with E-state index < -0.39 is 0 Å². The molecule has 2 unspecified atom stereocenters. The molecular formula is C18H21FN2O3. The number of benzene rings is 1. The first kappa shape index (κ1) is 16.6. The van der Waals surface area contributed by atoms with Crippen LogP contribution in [0.3, 0.4) is 0 Å². The lowest BCUT2D eigenvalue weighted by Crippen LogP contribution is -2.48. The Labute approximate surface area is 140 Å². The minimum absolute atomic E-state index is 0.0482. The number of hydrogen-bond donors (Lipinski definition) is 0. The Balaban J connectivity index is 1.59. The van der Waals surface area contributed by atoms with E-state index in [1.54, 1.807) is 18.2 Å². The van der Waals surface area contributed by atoms with Crippen LogP contribution < -0.4 is 0 Å². The molecule has 2 heterocycles. The van der Waals surface area contributed by atoms with Crippen LogP contribution in [0.1, 0.15) is 26.2 Å². The Hall–Kier alpha value is -2.21. The molecule has 1 aliphatic heterocycles. The standard InChI is InChI=1S/C18H21FN2O3/c1-12-10-21(11-13(2)23-12)18(22)8-7-17-20-9-16(24-17)14-5-3-4-6-15(14)19/h3-6,9,12-13H,7-8,10-11H2,1-2H3. The maximum Gasteiger partial charge on any atom is 0.223 e. The second kappa shape index (κ2) is 7.13. The first-order chi connectivity index (χ1) is 11.5. The number of ether oxygens (including phenoxy) is 1. The number of hydrogen-bond acceptors (Lipinski definition) is 4. The number of nitrogens with zero attached hydrogens (tertiary/aromatic N) is 2. The largest absolute Gasteiger partial charge is 0.441 e. The van der Waals surface area contributed by atoms with Gasteiger partial charge in [0.05, 0.1) is 24.0 Å². The van der Waals surface area contributed by atoms with E-state index in [9.17, 15) is 9.18 Å². The molecule has 5 nitrogen and oxygen atoms in total. The van der Waals surface area contributed by atoms with Gasteiger partial charge in [-0.2, -0.15) is 0 Å². The van der Waals surface area contributed by atoms with Gasteiger partial charge in [-0.3, -0.25) is 4.79 Å². The molecular weight excluding hydrogens is 311 g/mol. The minimum atomic E-state index is -0.354. The monoisotopic (exact) mass is 332 g/mol. The smallest absolute Gasteiger partial charge is 0.223 e. The zero-order valence-corrected chi connectivity index (χ0v) is 13.9. The quantitative estimate of drug-likeness (QED) is 0.863. The second-order valence-electron chi connectivity index (χ2n) is 6.15. The molecule has 0 radical (unpaired) electrons. The molecule has 0 bridgehead atoms. The highest BCUT2D eigenvalue weighted by atomic mass is 19.1. The third-order valence-electron chi connectivity index (χ3n) is 4.02. The molecule has 2 atom stereocenters. The third-order valence-corrected chi connectivity index (χ3v) is 4.02. The molecule has 2 aromatic rings. The van der Waals surface area contributed by atoms with E-state index >= 15 is 0 Å². The van der Waals surface area contributed by atoms with Crippen LogP contribution >= 0.6 is 0 Å². The van der Waals surface area contributed by atoms with E-state index in [0.29, 0.717) is 43.1 Å². The third kappa shape index (κ3) is 3.82. The lowest BCUT2D eigenvalue weighted by molar-refractivity contribution is -0.143. The Morgan fingerprint density at radius 2 is 2.00 bits per heavy atom. The molecule has 128 valence electrons. The number of morpholine rings is 1. The minimum Gasteiger partial charge on any atom is -0.441 e. The SMILES string of the molecule is CC1CN(C(=O)CCc2ncc(-c3ccccc3F)o2)CC(C)O1. The second-order valence-corrected chi connectivity index (χ2v) is 6.15. The van der Waals surface area contributed by atoms with E-state index in [4.69, 9.17) is 9.15 Å². The van der Waals surface area contributed by atoms with Crippen molar-refractivity contribution in [2.45, 2.75) is 38.9 Å². The van der Waals surface area contributed by atoms with Crippen molar-refractivity contribution in [1.82, 2.24) is 9.88 Å². The summed E-state index contributed by atoms with van der Waals surface area (Å²) in [4.78, 5) is 18.3. The predicted molar refractivity (Wildman–Crippen MR) is 86.8 cm³/mol. The van der Waals surface area contributed by atoms with Gasteiger partial charge >= 0.3 is 0 Å². The Morgan fingerprint density at radius 3 is 2.71 bits per heavy atom. The normalized spacial score (nSPS) is 21.0. The van der Waals surface area contributed by atoms with Crippen molar-refractivity contribution in [2.24, 2.45) is 0 Å². The summed E-state index contributed by atoms with van der Waals surface area (Å²) in [7, 11) is 0. The molecule has 0 saturated carbocycles. The zero-order valence-electron chi connectivity index (χ0n) is 13.9. The molecule has 0 spiro atoms.